The van der Waals surface area contributed by atoms with Gasteiger partial charge in [-0.25, -0.2) is 0 Å². The number of thiophene rings is 1. The fourth-order valence-corrected chi connectivity index (χ4v) is 2.33. The second-order valence-corrected chi connectivity index (χ2v) is 4.23. The summed E-state index contributed by atoms with van der Waals surface area (Å²) >= 11 is 7.63. The molecule has 0 aliphatic carbocycles. The number of alkyl halides is 1. The maximum atomic E-state index is 5.87. The number of hydrogen-bond donors (Lipinski definition) is 0. The van der Waals surface area contributed by atoms with Crippen LogP contribution in [0.2, 0.25) is 0 Å². The lowest BCUT2D eigenvalue weighted by molar-refractivity contribution is 0.529. The molecule has 0 spiro atoms. The van der Waals surface area contributed by atoms with Crippen LogP contribution in [0, 0.1) is 5.92 Å². The molecule has 1 aromatic heterocycles. The normalized spacial score (nSPS) is 13.2. The van der Waals surface area contributed by atoms with Gasteiger partial charge in [0.25, 0.3) is 0 Å². The predicted octanol–water partition coefficient (Wildman–Crippen LogP) is 3.95. The minimum atomic E-state index is 0.672. The summed E-state index contributed by atoms with van der Waals surface area (Å²) < 4.78 is 0. The SMILES string of the molecule is CCCC(CCl)Cc1ccsc1. The Morgan fingerprint density at radius 2 is 2.42 bits per heavy atom. The van der Waals surface area contributed by atoms with E-state index in [4.69, 9.17) is 11.6 Å². The van der Waals surface area contributed by atoms with E-state index in [-0.39, 0.29) is 0 Å². The molecule has 1 unspecified atom stereocenters. The van der Waals surface area contributed by atoms with Gasteiger partial charge in [0.1, 0.15) is 0 Å². The van der Waals surface area contributed by atoms with E-state index in [0.717, 1.165) is 12.3 Å². The highest BCUT2D eigenvalue weighted by molar-refractivity contribution is 7.07. The Bertz CT molecular complexity index is 194. The van der Waals surface area contributed by atoms with Crippen LogP contribution < -0.4 is 0 Å². The van der Waals surface area contributed by atoms with E-state index in [9.17, 15) is 0 Å². The molecule has 0 nitrogen and oxygen atoms in total. The first-order chi connectivity index (χ1) is 5.86. The van der Waals surface area contributed by atoms with Crippen molar-refractivity contribution in [2.75, 3.05) is 5.88 Å². The van der Waals surface area contributed by atoms with Crippen LogP contribution in [-0.4, -0.2) is 5.88 Å². The lowest BCUT2D eigenvalue weighted by atomic mass is 9.99. The molecule has 0 amide bonds. The molecule has 0 bridgehead atoms. The van der Waals surface area contributed by atoms with Crippen molar-refractivity contribution in [2.45, 2.75) is 26.2 Å². The van der Waals surface area contributed by atoms with Crippen molar-refractivity contribution >= 4 is 22.9 Å². The predicted molar refractivity (Wildman–Crippen MR) is 57.1 cm³/mol. The fraction of sp³-hybridized carbons (Fsp3) is 0.600. The highest BCUT2D eigenvalue weighted by Crippen LogP contribution is 2.17. The van der Waals surface area contributed by atoms with E-state index in [0.29, 0.717) is 5.92 Å². The van der Waals surface area contributed by atoms with Crippen LogP contribution >= 0.6 is 22.9 Å². The van der Waals surface area contributed by atoms with E-state index in [1.54, 1.807) is 11.3 Å². The van der Waals surface area contributed by atoms with Gasteiger partial charge in [0, 0.05) is 5.88 Å². The molecule has 1 rings (SSSR count). The molecule has 12 heavy (non-hydrogen) atoms. The largest absolute Gasteiger partial charge is 0.152 e. The Hall–Kier alpha value is -0.0100. The Morgan fingerprint density at radius 1 is 1.58 bits per heavy atom. The van der Waals surface area contributed by atoms with Crippen molar-refractivity contribution in [1.82, 2.24) is 0 Å². The Balaban J connectivity index is 2.37. The summed E-state index contributed by atoms with van der Waals surface area (Å²) in [4.78, 5) is 0. The molecule has 2 heteroatoms. The van der Waals surface area contributed by atoms with Gasteiger partial charge in [-0.3, -0.25) is 0 Å². The molecule has 1 atom stereocenters. The van der Waals surface area contributed by atoms with Crippen molar-refractivity contribution < 1.29 is 0 Å². The van der Waals surface area contributed by atoms with Gasteiger partial charge >= 0.3 is 0 Å². The second kappa shape index (κ2) is 5.60. The van der Waals surface area contributed by atoms with Gasteiger partial charge in [-0.1, -0.05) is 13.3 Å². The van der Waals surface area contributed by atoms with Gasteiger partial charge in [0.15, 0.2) is 0 Å². The molecule has 1 aromatic rings. The summed E-state index contributed by atoms with van der Waals surface area (Å²) in [5.41, 5.74) is 1.44. The van der Waals surface area contributed by atoms with Crippen LogP contribution in [0.3, 0.4) is 0 Å². The molecular formula is C10H15ClS. The third-order valence-corrected chi connectivity index (χ3v) is 3.19. The summed E-state index contributed by atoms with van der Waals surface area (Å²) in [6.07, 6.45) is 3.64. The van der Waals surface area contributed by atoms with Crippen molar-refractivity contribution in [3.05, 3.63) is 22.4 Å². The zero-order valence-corrected chi connectivity index (χ0v) is 9.00. The minimum Gasteiger partial charge on any atom is -0.152 e. The molecule has 1 heterocycles. The molecular weight excluding hydrogens is 188 g/mol. The summed E-state index contributed by atoms with van der Waals surface area (Å²) in [6.45, 7) is 2.22. The van der Waals surface area contributed by atoms with Crippen molar-refractivity contribution in [3.8, 4) is 0 Å². The third-order valence-electron chi connectivity index (χ3n) is 2.02. The molecule has 0 fully saturated rings. The summed E-state index contributed by atoms with van der Waals surface area (Å²) in [6, 6.07) is 2.19. The number of rotatable bonds is 5. The Kier molecular flexibility index (Phi) is 4.70. The lowest BCUT2D eigenvalue weighted by Crippen LogP contribution is -2.05. The van der Waals surface area contributed by atoms with E-state index in [1.807, 2.05) is 0 Å². The average molecular weight is 203 g/mol. The van der Waals surface area contributed by atoms with E-state index < -0.39 is 0 Å². The summed E-state index contributed by atoms with van der Waals surface area (Å²) in [7, 11) is 0. The standard InChI is InChI=1S/C10H15ClS/c1-2-3-9(7-11)6-10-4-5-12-8-10/h4-5,8-9H,2-3,6-7H2,1H3. The Morgan fingerprint density at radius 3 is 2.92 bits per heavy atom. The topological polar surface area (TPSA) is 0 Å². The maximum Gasteiger partial charge on any atom is 0.0254 e. The van der Waals surface area contributed by atoms with Crippen LogP contribution in [0.1, 0.15) is 25.3 Å². The average Bonchev–Trinajstić information content (AvgIpc) is 2.56. The molecule has 0 N–H and O–H groups in total. The monoisotopic (exact) mass is 202 g/mol. The van der Waals surface area contributed by atoms with Crippen LogP contribution in [0.4, 0.5) is 0 Å². The van der Waals surface area contributed by atoms with Gasteiger partial charge in [0.05, 0.1) is 0 Å². The van der Waals surface area contributed by atoms with E-state index >= 15 is 0 Å². The fourth-order valence-electron chi connectivity index (χ4n) is 1.38. The van der Waals surface area contributed by atoms with Crippen LogP contribution in [0.5, 0.6) is 0 Å². The molecule has 0 aliphatic rings. The van der Waals surface area contributed by atoms with Crippen molar-refractivity contribution in [1.29, 1.82) is 0 Å². The second-order valence-electron chi connectivity index (χ2n) is 3.14. The quantitative estimate of drug-likeness (QED) is 0.635. The lowest BCUT2D eigenvalue weighted by Gasteiger charge is -2.10. The van der Waals surface area contributed by atoms with E-state index in [1.165, 1.54) is 18.4 Å². The first-order valence-electron chi connectivity index (χ1n) is 4.43. The molecule has 0 saturated heterocycles. The molecule has 0 aliphatic heterocycles. The smallest absolute Gasteiger partial charge is 0.0254 e. The van der Waals surface area contributed by atoms with Crippen LogP contribution in [0.15, 0.2) is 16.8 Å². The highest BCUT2D eigenvalue weighted by Gasteiger charge is 2.06. The van der Waals surface area contributed by atoms with Crippen molar-refractivity contribution in [3.63, 3.8) is 0 Å². The summed E-state index contributed by atoms with van der Waals surface area (Å²) in [5, 5.41) is 4.35. The zero-order chi connectivity index (χ0) is 8.81. The molecule has 0 saturated carbocycles. The number of halogens is 1. The molecule has 0 radical (unpaired) electrons. The minimum absolute atomic E-state index is 0.672. The van der Waals surface area contributed by atoms with Gasteiger partial charge in [-0.15, -0.1) is 11.6 Å². The first-order valence-corrected chi connectivity index (χ1v) is 5.91. The Labute approximate surface area is 83.6 Å². The van der Waals surface area contributed by atoms with Crippen LogP contribution in [0.25, 0.3) is 0 Å². The first kappa shape index (κ1) is 10.1. The van der Waals surface area contributed by atoms with Gasteiger partial charge in [-0.05, 0) is 41.1 Å². The zero-order valence-electron chi connectivity index (χ0n) is 7.42. The number of hydrogen-bond acceptors (Lipinski definition) is 1. The van der Waals surface area contributed by atoms with E-state index in [2.05, 4.69) is 23.8 Å². The maximum absolute atomic E-state index is 5.87. The summed E-state index contributed by atoms with van der Waals surface area (Å²) in [5.74, 6) is 1.47. The molecule has 0 aromatic carbocycles. The van der Waals surface area contributed by atoms with Crippen LogP contribution in [-0.2, 0) is 6.42 Å². The third kappa shape index (κ3) is 3.16. The highest BCUT2D eigenvalue weighted by atomic mass is 35.5. The molecule has 68 valence electrons. The van der Waals surface area contributed by atoms with Crippen molar-refractivity contribution in [2.24, 2.45) is 5.92 Å². The van der Waals surface area contributed by atoms with Gasteiger partial charge in [0.2, 0.25) is 0 Å². The van der Waals surface area contributed by atoms with Gasteiger partial charge < -0.3 is 0 Å². The van der Waals surface area contributed by atoms with Gasteiger partial charge in [-0.2, -0.15) is 11.3 Å².